The van der Waals surface area contributed by atoms with Gasteiger partial charge in [-0.3, -0.25) is 0 Å². The van der Waals surface area contributed by atoms with Crippen LogP contribution >= 0.6 is 11.6 Å². The van der Waals surface area contributed by atoms with Gasteiger partial charge >= 0.3 is 6.03 Å². The SMILES string of the molecule is CCc1ccc(Cl)c(CC)c1NC(=O)NCc1ccc(S(=O)(=O)N(C)C)cc1. The van der Waals surface area contributed by atoms with Crippen molar-refractivity contribution in [3.63, 3.8) is 0 Å². The first-order chi connectivity index (χ1) is 13.2. The number of hydrogen-bond acceptors (Lipinski definition) is 3. The molecule has 6 nitrogen and oxygen atoms in total. The Bertz CT molecular complexity index is 942. The van der Waals surface area contributed by atoms with Gasteiger partial charge in [-0.15, -0.1) is 0 Å². The summed E-state index contributed by atoms with van der Waals surface area (Å²) in [6, 6.07) is 9.87. The molecular formula is C20H26ClN3O3S. The van der Waals surface area contributed by atoms with E-state index in [0.717, 1.165) is 33.1 Å². The number of carbonyl (C=O) groups is 1. The molecule has 0 radical (unpaired) electrons. The van der Waals surface area contributed by atoms with Gasteiger partial charge < -0.3 is 10.6 Å². The zero-order valence-corrected chi connectivity index (χ0v) is 18.1. The van der Waals surface area contributed by atoms with Crippen molar-refractivity contribution in [3.05, 3.63) is 58.1 Å². The summed E-state index contributed by atoms with van der Waals surface area (Å²) in [6.45, 7) is 4.29. The van der Waals surface area contributed by atoms with Crippen molar-refractivity contribution in [2.45, 2.75) is 38.1 Å². The van der Waals surface area contributed by atoms with Crippen LogP contribution in [0.5, 0.6) is 0 Å². The lowest BCUT2D eigenvalue weighted by Gasteiger charge is -2.16. The fourth-order valence-electron chi connectivity index (χ4n) is 2.80. The minimum absolute atomic E-state index is 0.213. The van der Waals surface area contributed by atoms with Crippen LogP contribution in [0.1, 0.15) is 30.5 Å². The summed E-state index contributed by atoms with van der Waals surface area (Å²) in [5.41, 5.74) is 3.48. The number of carbonyl (C=O) groups excluding carboxylic acids is 1. The van der Waals surface area contributed by atoms with E-state index >= 15 is 0 Å². The molecule has 0 aromatic heterocycles. The molecule has 0 aliphatic heterocycles. The first-order valence-electron chi connectivity index (χ1n) is 9.07. The van der Waals surface area contributed by atoms with Crippen molar-refractivity contribution in [2.24, 2.45) is 0 Å². The summed E-state index contributed by atoms with van der Waals surface area (Å²) in [4.78, 5) is 12.6. The lowest BCUT2D eigenvalue weighted by Crippen LogP contribution is -2.29. The molecule has 0 bridgehead atoms. The van der Waals surface area contributed by atoms with Crippen molar-refractivity contribution in [2.75, 3.05) is 19.4 Å². The average molecular weight is 424 g/mol. The molecule has 2 aromatic rings. The monoisotopic (exact) mass is 423 g/mol. The number of nitrogens with one attached hydrogen (secondary N) is 2. The maximum Gasteiger partial charge on any atom is 0.319 e. The number of nitrogens with zero attached hydrogens (tertiary/aromatic N) is 1. The van der Waals surface area contributed by atoms with E-state index < -0.39 is 10.0 Å². The van der Waals surface area contributed by atoms with E-state index in [4.69, 9.17) is 11.6 Å². The summed E-state index contributed by atoms with van der Waals surface area (Å²) in [7, 11) is -0.492. The average Bonchev–Trinajstić information content (AvgIpc) is 2.67. The molecule has 0 heterocycles. The van der Waals surface area contributed by atoms with Crippen LogP contribution in [0.3, 0.4) is 0 Å². The van der Waals surface area contributed by atoms with Gasteiger partial charge in [0.2, 0.25) is 10.0 Å². The molecule has 2 aromatic carbocycles. The highest BCUT2D eigenvalue weighted by Gasteiger charge is 2.17. The van der Waals surface area contributed by atoms with Gasteiger partial charge in [0.15, 0.2) is 0 Å². The predicted octanol–water partition coefficient (Wildman–Crippen LogP) is 4.04. The number of hydrogen-bond donors (Lipinski definition) is 2. The Morgan fingerprint density at radius 2 is 1.68 bits per heavy atom. The van der Waals surface area contributed by atoms with Crippen LogP contribution < -0.4 is 10.6 Å². The molecule has 0 aliphatic rings. The molecule has 0 spiro atoms. The molecule has 2 rings (SSSR count). The third-order valence-electron chi connectivity index (χ3n) is 4.47. The highest BCUT2D eigenvalue weighted by molar-refractivity contribution is 7.89. The topological polar surface area (TPSA) is 78.5 Å². The maximum absolute atomic E-state index is 12.4. The smallest absolute Gasteiger partial charge is 0.319 e. The number of anilines is 1. The van der Waals surface area contributed by atoms with Crippen LogP contribution in [0.4, 0.5) is 10.5 Å². The van der Waals surface area contributed by atoms with Gasteiger partial charge in [-0.25, -0.2) is 17.5 Å². The molecular weight excluding hydrogens is 398 g/mol. The summed E-state index contributed by atoms with van der Waals surface area (Å²) in [5, 5.41) is 6.34. The van der Waals surface area contributed by atoms with Gasteiger partial charge in [-0.2, -0.15) is 0 Å². The van der Waals surface area contributed by atoms with Crippen LogP contribution in [0.2, 0.25) is 5.02 Å². The molecule has 8 heteroatoms. The Morgan fingerprint density at radius 3 is 2.21 bits per heavy atom. The third-order valence-corrected chi connectivity index (χ3v) is 6.65. The number of benzene rings is 2. The molecule has 0 atom stereocenters. The second-order valence-corrected chi connectivity index (χ2v) is 9.07. The second-order valence-electron chi connectivity index (χ2n) is 6.51. The molecule has 0 fully saturated rings. The highest BCUT2D eigenvalue weighted by Crippen LogP contribution is 2.29. The van der Waals surface area contributed by atoms with Crippen molar-refractivity contribution < 1.29 is 13.2 Å². The van der Waals surface area contributed by atoms with Crippen molar-refractivity contribution in [3.8, 4) is 0 Å². The van der Waals surface area contributed by atoms with E-state index in [2.05, 4.69) is 10.6 Å². The summed E-state index contributed by atoms with van der Waals surface area (Å²) in [5.74, 6) is 0. The molecule has 28 heavy (non-hydrogen) atoms. The highest BCUT2D eigenvalue weighted by atomic mass is 35.5. The predicted molar refractivity (Wildman–Crippen MR) is 113 cm³/mol. The summed E-state index contributed by atoms with van der Waals surface area (Å²) >= 11 is 6.26. The van der Waals surface area contributed by atoms with Crippen molar-refractivity contribution in [1.29, 1.82) is 0 Å². The van der Waals surface area contributed by atoms with Crippen molar-refractivity contribution >= 4 is 33.3 Å². The van der Waals surface area contributed by atoms with E-state index in [9.17, 15) is 13.2 Å². The van der Waals surface area contributed by atoms with Gasteiger partial charge in [0.25, 0.3) is 0 Å². The van der Waals surface area contributed by atoms with Gasteiger partial charge in [-0.05, 0) is 47.7 Å². The number of rotatable bonds is 7. The zero-order chi connectivity index (χ0) is 20.9. The zero-order valence-electron chi connectivity index (χ0n) is 16.5. The van der Waals surface area contributed by atoms with Crippen molar-refractivity contribution in [1.82, 2.24) is 9.62 Å². The molecule has 0 aliphatic carbocycles. The number of halogens is 1. The number of urea groups is 1. The standard InChI is InChI=1S/C20H26ClN3O3S/c1-5-15-9-12-18(21)17(6-2)19(15)23-20(25)22-13-14-7-10-16(11-8-14)28(26,27)24(3)4/h7-12H,5-6,13H2,1-4H3,(H2,22,23,25). The van der Waals surface area contributed by atoms with Gasteiger partial charge in [-0.1, -0.05) is 43.6 Å². The van der Waals surface area contributed by atoms with Crippen LogP contribution in [-0.4, -0.2) is 32.8 Å². The molecule has 0 unspecified atom stereocenters. The van der Waals surface area contributed by atoms with Crippen LogP contribution in [0, 0.1) is 0 Å². The molecule has 0 saturated heterocycles. The van der Waals surface area contributed by atoms with E-state index in [1.54, 1.807) is 12.1 Å². The molecule has 2 amide bonds. The van der Waals surface area contributed by atoms with E-state index in [0.29, 0.717) is 11.4 Å². The minimum atomic E-state index is -3.46. The van der Waals surface area contributed by atoms with Gasteiger partial charge in [0.05, 0.1) is 10.6 Å². The Kier molecular flexibility index (Phi) is 7.46. The Hall–Kier alpha value is -2.09. The minimum Gasteiger partial charge on any atom is -0.334 e. The van der Waals surface area contributed by atoms with Crippen LogP contribution in [0.25, 0.3) is 0 Å². The Balaban J connectivity index is 2.07. The van der Waals surface area contributed by atoms with Gasteiger partial charge in [0, 0.05) is 25.7 Å². The second kappa shape index (κ2) is 9.41. The molecule has 2 N–H and O–H groups in total. The van der Waals surface area contributed by atoms with Crippen LogP contribution in [0.15, 0.2) is 41.3 Å². The number of sulfonamides is 1. The molecule has 0 saturated carbocycles. The van der Waals surface area contributed by atoms with Crippen LogP contribution in [-0.2, 0) is 29.4 Å². The fourth-order valence-corrected chi connectivity index (χ4v) is 3.99. The number of aryl methyl sites for hydroxylation is 1. The number of amides is 2. The Morgan fingerprint density at radius 1 is 1.04 bits per heavy atom. The van der Waals surface area contributed by atoms with E-state index in [-0.39, 0.29) is 17.5 Å². The maximum atomic E-state index is 12.4. The first-order valence-corrected chi connectivity index (χ1v) is 10.9. The normalized spacial score (nSPS) is 11.5. The third kappa shape index (κ3) is 5.04. The lowest BCUT2D eigenvalue weighted by molar-refractivity contribution is 0.251. The quantitative estimate of drug-likeness (QED) is 0.705. The van der Waals surface area contributed by atoms with E-state index in [1.807, 2.05) is 26.0 Å². The van der Waals surface area contributed by atoms with E-state index in [1.165, 1.54) is 26.2 Å². The molecule has 152 valence electrons. The summed E-state index contributed by atoms with van der Waals surface area (Å²) in [6.07, 6.45) is 1.49. The first kappa shape index (κ1) is 22.2. The Labute approximate surface area is 171 Å². The van der Waals surface area contributed by atoms with Gasteiger partial charge in [0.1, 0.15) is 0 Å². The largest absolute Gasteiger partial charge is 0.334 e. The lowest BCUT2D eigenvalue weighted by atomic mass is 10.0. The fraction of sp³-hybridized carbons (Fsp3) is 0.350. The summed E-state index contributed by atoms with van der Waals surface area (Å²) < 4.78 is 25.4.